The number of hydrogen-bond acceptors (Lipinski definition) is 6. The summed E-state index contributed by atoms with van der Waals surface area (Å²) in [6, 6.07) is 0. The van der Waals surface area contributed by atoms with Crippen LogP contribution in [0.2, 0.25) is 0 Å². The predicted octanol–water partition coefficient (Wildman–Crippen LogP) is 4.06. The Hall–Kier alpha value is -1.98. The SMILES string of the molecule is C=C1C(=O)C2C(=O)CC3[C@](C)(COC(=O)CC)CCC[C@@]3(COC(=O)CC)C2C[C@@H]1C. The fourth-order valence-corrected chi connectivity index (χ4v) is 6.42. The van der Waals surface area contributed by atoms with E-state index in [1.165, 1.54) is 0 Å². The van der Waals surface area contributed by atoms with Crippen LogP contribution in [-0.4, -0.2) is 36.7 Å². The van der Waals surface area contributed by atoms with Gasteiger partial charge in [0.05, 0.1) is 19.1 Å². The minimum absolute atomic E-state index is 0.00912. The molecule has 0 amide bonds. The van der Waals surface area contributed by atoms with Gasteiger partial charge in [-0.1, -0.05) is 40.7 Å². The van der Waals surface area contributed by atoms with Crippen molar-refractivity contribution in [3.8, 4) is 0 Å². The lowest BCUT2D eigenvalue weighted by molar-refractivity contribution is -0.187. The largest absolute Gasteiger partial charge is 0.465 e. The molecule has 0 aliphatic heterocycles. The first kappa shape index (κ1) is 23.7. The third-order valence-electron chi connectivity index (χ3n) is 8.26. The normalized spacial score (nSPS) is 37.6. The van der Waals surface area contributed by atoms with E-state index < -0.39 is 16.7 Å². The lowest BCUT2D eigenvalue weighted by Gasteiger charge is -2.61. The molecule has 31 heavy (non-hydrogen) atoms. The van der Waals surface area contributed by atoms with E-state index in [1.807, 2.05) is 6.92 Å². The van der Waals surface area contributed by atoms with Crippen LogP contribution in [0.15, 0.2) is 12.2 Å². The minimum Gasteiger partial charge on any atom is -0.465 e. The van der Waals surface area contributed by atoms with Gasteiger partial charge in [-0.15, -0.1) is 0 Å². The average Bonchev–Trinajstić information content (AvgIpc) is 2.75. The molecular weight excluding hydrogens is 396 g/mol. The van der Waals surface area contributed by atoms with Crippen molar-refractivity contribution >= 4 is 23.5 Å². The van der Waals surface area contributed by atoms with Crippen molar-refractivity contribution in [2.24, 2.45) is 34.5 Å². The van der Waals surface area contributed by atoms with Crippen molar-refractivity contribution in [3.05, 3.63) is 12.2 Å². The van der Waals surface area contributed by atoms with E-state index in [1.54, 1.807) is 13.8 Å². The highest BCUT2D eigenvalue weighted by Gasteiger charge is 2.64. The van der Waals surface area contributed by atoms with E-state index in [0.717, 1.165) is 19.3 Å². The molecular formula is C25H36O6. The molecule has 0 N–H and O–H groups in total. The van der Waals surface area contributed by atoms with Gasteiger partial charge >= 0.3 is 11.9 Å². The van der Waals surface area contributed by atoms with Gasteiger partial charge in [0.1, 0.15) is 5.78 Å². The van der Waals surface area contributed by atoms with E-state index in [2.05, 4.69) is 13.5 Å². The second kappa shape index (κ2) is 8.87. The molecule has 3 fully saturated rings. The summed E-state index contributed by atoms with van der Waals surface area (Å²) in [6.07, 6.45) is 4.03. The summed E-state index contributed by atoms with van der Waals surface area (Å²) in [5.74, 6) is -1.70. The van der Waals surface area contributed by atoms with Crippen molar-refractivity contribution in [1.29, 1.82) is 0 Å². The standard InChI is InChI=1S/C25H36O6/c1-6-20(27)30-13-24(5)9-8-10-25(14-31-21(28)7-2)17-11-15(3)16(4)23(29)22(17)18(26)12-19(24)25/h15,17,19,22H,4,6-14H2,1-3,5H3/t15-,17?,19?,22?,24-,25+/m0/s1. The Kier molecular flexibility index (Phi) is 6.78. The van der Waals surface area contributed by atoms with E-state index in [9.17, 15) is 19.2 Å². The lowest BCUT2D eigenvalue weighted by atomic mass is 9.43. The van der Waals surface area contributed by atoms with Crippen LogP contribution in [0.3, 0.4) is 0 Å². The summed E-state index contributed by atoms with van der Waals surface area (Å²) >= 11 is 0. The van der Waals surface area contributed by atoms with E-state index in [4.69, 9.17) is 9.47 Å². The quantitative estimate of drug-likeness (QED) is 0.357. The molecule has 0 aromatic heterocycles. The number of esters is 2. The van der Waals surface area contributed by atoms with Crippen LogP contribution in [-0.2, 0) is 28.7 Å². The summed E-state index contributed by atoms with van der Waals surface area (Å²) in [4.78, 5) is 50.4. The molecule has 0 aromatic carbocycles. The van der Waals surface area contributed by atoms with Crippen LogP contribution in [0.1, 0.15) is 72.6 Å². The second-order valence-electron chi connectivity index (χ2n) is 10.1. The van der Waals surface area contributed by atoms with Gasteiger partial charge in [-0.2, -0.15) is 0 Å². The molecule has 0 saturated heterocycles. The van der Waals surface area contributed by atoms with Gasteiger partial charge in [0.15, 0.2) is 5.78 Å². The van der Waals surface area contributed by atoms with Crippen LogP contribution in [0, 0.1) is 34.5 Å². The van der Waals surface area contributed by atoms with Crippen molar-refractivity contribution < 1.29 is 28.7 Å². The average molecular weight is 433 g/mol. The summed E-state index contributed by atoms with van der Waals surface area (Å²) < 4.78 is 11.3. The van der Waals surface area contributed by atoms with Crippen LogP contribution in [0.5, 0.6) is 0 Å². The van der Waals surface area contributed by atoms with E-state index in [0.29, 0.717) is 18.4 Å². The van der Waals surface area contributed by atoms with Gasteiger partial charge < -0.3 is 9.47 Å². The molecule has 0 aromatic rings. The highest BCUT2D eigenvalue weighted by molar-refractivity contribution is 6.11. The highest BCUT2D eigenvalue weighted by Crippen LogP contribution is 2.63. The monoisotopic (exact) mass is 432 g/mol. The number of ketones is 2. The second-order valence-corrected chi connectivity index (χ2v) is 10.1. The number of fused-ring (bicyclic) bond motifs is 3. The highest BCUT2D eigenvalue weighted by atomic mass is 16.5. The summed E-state index contributed by atoms with van der Waals surface area (Å²) in [5, 5.41) is 0. The smallest absolute Gasteiger partial charge is 0.305 e. The Bertz CT molecular complexity index is 785. The third kappa shape index (κ3) is 4.10. The zero-order valence-corrected chi connectivity index (χ0v) is 19.3. The number of carbonyl (C=O) groups excluding carboxylic acids is 4. The first-order chi connectivity index (χ1) is 14.6. The van der Waals surface area contributed by atoms with Gasteiger partial charge in [0.25, 0.3) is 0 Å². The molecule has 0 spiro atoms. The lowest BCUT2D eigenvalue weighted by Crippen LogP contribution is -2.62. The number of Topliss-reactive ketones (excluding diaryl/α,β-unsaturated/α-hetero) is 2. The number of allylic oxidation sites excluding steroid dienone is 1. The maximum atomic E-state index is 13.3. The Morgan fingerprint density at radius 2 is 1.68 bits per heavy atom. The van der Waals surface area contributed by atoms with Gasteiger partial charge in [0.2, 0.25) is 0 Å². The predicted molar refractivity (Wildman–Crippen MR) is 115 cm³/mol. The Morgan fingerprint density at radius 1 is 1.06 bits per heavy atom. The van der Waals surface area contributed by atoms with Gasteiger partial charge in [-0.05, 0) is 42.6 Å². The van der Waals surface area contributed by atoms with Gasteiger partial charge in [-0.25, -0.2) is 0 Å². The molecule has 3 aliphatic carbocycles. The maximum absolute atomic E-state index is 13.3. The molecule has 172 valence electrons. The zero-order chi connectivity index (χ0) is 23.0. The molecule has 3 rings (SSSR count). The molecule has 3 aliphatic rings. The fraction of sp³-hybridized carbons (Fsp3) is 0.760. The van der Waals surface area contributed by atoms with Gasteiger partial charge in [0, 0.05) is 30.1 Å². The van der Waals surface area contributed by atoms with E-state index in [-0.39, 0.29) is 67.3 Å². The molecule has 6 nitrogen and oxygen atoms in total. The molecule has 0 bridgehead atoms. The Morgan fingerprint density at radius 3 is 2.29 bits per heavy atom. The Labute approximate surface area is 185 Å². The molecule has 6 atom stereocenters. The molecule has 3 unspecified atom stereocenters. The van der Waals surface area contributed by atoms with Crippen molar-refractivity contribution in [1.82, 2.24) is 0 Å². The fourth-order valence-electron chi connectivity index (χ4n) is 6.42. The van der Waals surface area contributed by atoms with Crippen molar-refractivity contribution in [3.63, 3.8) is 0 Å². The number of ether oxygens (including phenoxy) is 2. The Balaban J connectivity index is 2.03. The van der Waals surface area contributed by atoms with Gasteiger partial charge in [-0.3, -0.25) is 19.2 Å². The summed E-state index contributed by atoms with van der Waals surface area (Å²) in [7, 11) is 0. The third-order valence-corrected chi connectivity index (χ3v) is 8.26. The van der Waals surface area contributed by atoms with Crippen molar-refractivity contribution in [2.45, 2.75) is 72.6 Å². The summed E-state index contributed by atoms with van der Waals surface area (Å²) in [5.41, 5.74) is -0.341. The molecule has 3 saturated carbocycles. The van der Waals surface area contributed by atoms with Crippen LogP contribution in [0.4, 0.5) is 0 Å². The molecule has 0 radical (unpaired) electrons. The summed E-state index contributed by atoms with van der Waals surface area (Å²) in [6.45, 7) is 12.0. The molecule has 6 heteroatoms. The van der Waals surface area contributed by atoms with Crippen molar-refractivity contribution in [2.75, 3.05) is 13.2 Å². The first-order valence-corrected chi connectivity index (χ1v) is 11.7. The zero-order valence-electron chi connectivity index (χ0n) is 19.3. The maximum Gasteiger partial charge on any atom is 0.305 e. The van der Waals surface area contributed by atoms with Crippen LogP contribution >= 0.6 is 0 Å². The number of hydrogen-bond donors (Lipinski definition) is 0. The van der Waals surface area contributed by atoms with Crippen LogP contribution in [0.25, 0.3) is 0 Å². The topological polar surface area (TPSA) is 86.7 Å². The number of carbonyl (C=O) groups is 4. The van der Waals surface area contributed by atoms with Crippen LogP contribution < -0.4 is 0 Å². The first-order valence-electron chi connectivity index (χ1n) is 11.7. The minimum atomic E-state index is -0.694. The number of rotatable bonds is 6. The van der Waals surface area contributed by atoms with E-state index >= 15 is 0 Å². The molecule has 0 heterocycles.